The van der Waals surface area contributed by atoms with Crippen molar-refractivity contribution in [3.05, 3.63) is 12.8 Å². The van der Waals surface area contributed by atoms with Crippen LogP contribution in [0.25, 0.3) is 0 Å². The molecular formula is C11H21N3O2. The number of carbonyl (C=O) groups excluding carboxylic acids is 1. The van der Waals surface area contributed by atoms with Gasteiger partial charge >= 0.3 is 6.09 Å². The highest BCUT2D eigenvalue weighted by molar-refractivity contribution is 5.89. The minimum atomic E-state index is -0.521. The van der Waals surface area contributed by atoms with E-state index in [0.29, 0.717) is 12.3 Å². The van der Waals surface area contributed by atoms with E-state index in [1.54, 1.807) is 20.8 Å². The van der Waals surface area contributed by atoms with Gasteiger partial charge in [-0.25, -0.2) is 9.79 Å². The highest BCUT2D eigenvalue weighted by atomic mass is 16.6. The molecule has 0 spiro atoms. The lowest BCUT2D eigenvalue weighted by Gasteiger charge is -2.22. The molecule has 0 saturated carbocycles. The molecule has 0 heterocycles. The van der Waals surface area contributed by atoms with Gasteiger partial charge < -0.3 is 15.8 Å². The number of ether oxygens (including phenoxy) is 1. The Bertz CT molecular complexity index is 279. The van der Waals surface area contributed by atoms with Crippen LogP contribution in [0.5, 0.6) is 0 Å². The third-order valence-electron chi connectivity index (χ3n) is 1.70. The molecule has 16 heavy (non-hydrogen) atoms. The number of hydrogen-bond donors (Lipinski definition) is 2. The zero-order valence-corrected chi connectivity index (χ0v) is 10.4. The van der Waals surface area contributed by atoms with Crippen LogP contribution in [0.3, 0.4) is 0 Å². The van der Waals surface area contributed by atoms with Crippen LogP contribution in [0.2, 0.25) is 0 Å². The van der Waals surface area contributed by atoms with Crippen molar-refractivity contribution in [3.8, 4) is 0 Å². The van der Waals surface area contributed by atoms with E-state index in [-0.39, 0.29) is 6.04 Å². The standard InChI is InChI=1S/C11H21N3O2/c1-6-8(9(12)13-7-2)14-10(15)16-11(3,4)5/h7-8H,2,6H2,1,3-5H3,(H2,12,13)(H,14,15). The van der Waals surface area contributed by atoms with Gasteiger partial charge in [0.2, 0.25) is 0 Å². The fourth-order valence-corrected chi connectivity index (χ4v) is 1.03. The van der Waals surface area contributed by atoms with Crippen LogP contribution in [-0.2, 0) is 4.74 Å². The topological polar surface area (TPSA) is 76.7 Å². The second-order valence-electron chi connectivity index (χ2n) is 4.34. The summed E-state index contributed by atoms with van der Waals surface area (Å²) in [5.41, 5.74) is 5.14. The minimum Gasteiger partial charge on any atom is -0.444 e. The molecule has 0 aliphatic heterocycles. The smallest absolute Gasteiger partial charge is 0.408 e. The Labute approximate surface area is 96.8 Å². The number of aliphatic imine (C=N–C) groups is 1. The quantitative estimate of drug-likeness (QED) is 0.568. The Balaban J connectivity index is 4.39. The maximum Gasteiger partial charge on any atom is 0.408 e. The van der Waals surface area contributed by atoms with Crippen LogP contribution in [0.4, 0.5) is 4.79 Å². The van der Waals surface area contributed by atoms with Crippen LogP contribution in [-0.4, -0.2) is 23.6 Å². The molecule has 0 aromatic rings. The molecular weight excluding hydrogens is 206 g/mol. The summed E-state index contributed by atoms with van der Waals surface area (Å²) in [5, 5.41) is 2.64. The number of nitrogens with two attached hydrogens (primary N) is 1. The number of nitrogens with one attached hydrogen (secondary N) is 1. The summed E-state index contributed by atoms with van der Waals surface area (Å²) < 4.78 is 5.11. The fraction of sp³-hybridized carbons (Fsp3) is 0.636. The summed E-state index contributed by atoms with van der Waals surface area (Å²) >= 11 is 0. The Hall–Kier alpha value is -1.52. The van der Waals surface area contributed by atoms with Crippen molar-refractivity contribution < 1.29 is 9.53 Å². The van der Waals surface area contributed by atoms with E-state index < -0.39 is 11.7 Å². The number of carbonyl (C=O) groups is 1. The van der Waals surface area contributed by atoms with Crippen LogP contribution >= 0.6 is 0 Å². The van der Waals surface area contributed by atoms with Crippen LogP contribution in [0, 0.1) is 0 Å². The number of alkyl carbamates (subject to hydrolysis) is 1. The van der Waals surface area contributed by atoms with Gasteiger partial charge in [-0.2, -0.15) is 0 Å². The summed E-state index contributed by atoms with van der Waals surface area (Å²) in [4.78, 5) is 15.3. The van der Waals surface area contributed by atoms with Crippen molar-refractivity contribution in [2.75, 3.05) is 0 Å². The van der Waals surface area contributed by atoms with Crippen molar-refractivity contribution in [1.29, 1.82) is 0 Å². The summed E-state index contributed by atoms with van der Waals surface area (Å²) in [5.74, 6) is 0.323. The SMILES string of the molecule is C=CN=C(N)C(CC)NC(=O)OC(C)(C)C. The van der Waals surface area contributed by atoms with E-state index in [1.807, 2.05) is 6.92 Å². The highest BCUT2D eigenvalue weighted by Crippen LogP contribution is 2.07. The number of hydrogen-bond acceptors (Lipinski definition) is 3. The van der Waals surface area contributed by atoms with E-state index in [4.69, 9.17) is 10.5 Å². The summed E-state index contributed by atoms with van der Waals surface area (Å²) in [7, 11) is 0. The Kier molecular flexibility index (Phi) is 5.56. The van der Waals surface area contributed by atoms with Gasteiger partial charge in [0.05, 0.1) is 6.04 Å². The number of amides is 1. The van der Waals surface area contributed by atoms with Gasteiger partial charge in [0, 0.05) is 6.20 Å². The lowest BCUT2D eigenvalue weighted by Crippen LogP contribution is -2.46. The molecule has 0 aliphatic carbocycles. The van der Waals surface area contributed by atoms with E-state index in [1.165, 1.54) is 6.20 Å². The third kappa shape index (κ3) is 6.06. The van der Waals surface area contributed by atoms with Crippen molar-refractivity contribution in [2.24, 2.45) is 10.7 Å². The fourth-order valence-electron chi connectivity index (χ4n) is 1.03. The molecule has 0 saturated heterocycles. The molecule has 0 aromatic heterocycles. The lowest BCUT2D eigenvalue weighted by atomic mass is 10.2. The monoisotopic (exact) mass is 227 g/mol. The maximum absolute atomic E-state index is 11.5. The summed E-state index contributed by atoms with van der Waals surface area (Å²) in [6, 6.07) is -0.326. The van der Waals surface area contributed by atoms with Gasteiger partial charge in [-0.1, -0.05) is 13.5 Å². The van der Waals surface area contributed by atoms with Gasteiger partial charge in [-0.15, -0.1) is 0 Å². The predicted octanol–water partition coefficient (Wildman–Crippen LogP) is 1.79. The molecule has 0 aliphatic rings. The first-order chi connectivity index (χ1) is 7.30. The Morgan fingerprint density at radius 1 is 1.62 bits per heavy atom. The molecule has 0 bridgehead atoms. The first kappa shape index (κ1) is 14.5. The average Bonchev–Trinajstić information content (AvgIpc) is 2.11. The molecule has 0 fully saturated rings. The van der Waals surface area contributed by atoms with Crippen LogP contribution < -0.4 is 11.1 Å². The molecule has 92 valence electrons. The first-order valence-corrected chi connectivity index (χ1v) is 5.23. The average molecular weight is 227 g/mol. The molecule has 5 nitrogen and oxygen atoms in total. The van der Waals surface area contributed by atoms with Gasteiger partial charge in [0.1, 0.15) is 11.4 Å². The molecule has 0 aromatic carbocycles. The number of rotatable bonds is 4. The lowest BCUT2D eigenvalue weighted by molar-refractivity contribution is 0.0517. The highest BCUT2D eigenvalue weighted by Gasteiger charge is 2.20. The molecule has 3 N–H and O–H groups in total. The predicted molar refractivity (Wildman–Crippen MR) is 65.3 cm³/mol. The van der Waals surface area contributed by atoms with Crippen molar-refractivity contribution in [3.63, 3.8) is 0 Å². The zero-order chi connectivity index (χ0) is 12.8. The van der Waals surface area contributed by atoms with E-state index in [2.05, 4.69) is 16.9 Å². The van der Waals surface area contributed by atoms with E-state index in [9.17, 15) is 4.79 Å². The largest absolute Gasteiger partial charge is 0.444 e. The molecule has 1 amide bonds. The number of amidine groups is 1. The van der Waals surface area contributed by atoms with Crippen LogP contribution in [0.1, 0.15) is 34.1 Å². The molecule has 1 unspecified atom stereocenters. The second-order valence-corrected chi connectivity index (χ2v) is 4.34. The van der Waals surface area contributed by atoms with E-state index >= 15 is 0 Å². The van der Waals surface area contributed by atoms with Crippen LogP contribution in [0.15, 0.2) is 17.8 Å². The normalized spacial score (nSPS) is 14.1. The molecule has 5 heteroatoms. The Morgan fingerprint density at radius 3 is 2.56 bits per heavy atom. The zero-order valence-electron chi connectivity index (χ0n) is 10.4. The summed E-state index contributed by atoms with van der Waals surface area (Å²) in [6.07, 6.45) is 1.48. The van der Waals surface area contributed by atoms with Gasteiger partial charge in [0.15, 0.2) is 0 Å². The molecule has 0 rings (SSSR count). The maximum atomic E-state index is 11.5. The van der Waals surface area contributed by atoms with Crippen molar-refractivity contribution in [2.45, 2.75) is 45.8 Å². The second kappa shape index (κ2) is 6.15. The first-order valence-electron chi connectivity index (χ1n) is 5.23. The van der Waals surface area contributed by atoms with E-state index in [0.717, 1.165) is 0 Å². The van der Waals surface area contributed by atoms with Crippen molar-refractivity contribution >= 4 is 11.9 Å². The number of nitrogens with zero attached hydrogens (tertiary/aromatic N) is 1. The Morgan fingerprint density at radius 2 is 2.19 bits per heavy atom. The minimum absolute atomic E-state index is 0.323. The third-order valence-corrected chi connectivity index (χ3v) is 1.70. The summed E-state index contributed by atoms with van der Waals surface area (Å²) in [6.45, 7) is 10.7. The van der Waals surface area contributed by atoms with Gasteiger partial charge in [-0.05, 0) is 27.2 Å². The van der Waals surface area contributed by atoms with Gasteiger partial charge in [0.25, 0.3) is 0 Å². The molecule has 0 radical (unpaired) electrons. The van der Waals surface area contributed by atoms with Gasteiger partial charge in [-0.3, -0.25) is 0 Å². The molecule has 1 atom stereocenters. The van der Waals surface area contributed by atoms with Crippen molar-refractivity contribution in [1.82, 2.24) is 5.32 Å².